The predicted molar refractivity (Wildman–Crippen MR) is 58.2 cm³/mol. The molecule has 18 heavy (non-hydrogen) atoms. The molecule has 0 aromatic carbocycles. The third-order valence-corrected chi connectivity index (χ3v) is 2.35. The summed E-state index contributed by atoms with van der Waals surface area (Å²) in [7, 11) is 0. The second-order valence-electron chi connectivity index (χ2n) is 3.36. The van der Waals surface area contributed by atoms with Gasteiger partial charge in [0.1, 0.15) is 11.0 Å². The summed E-state index contributed by atoms with van der Waals surface area (Å²) in [6, 6.07) is 0.813. The third kappa shape index (κ3) is 3.85. The Kier molecular flexibility index (Phi) is 5.36. The number of aliphatic hydroxyl groups is 1. The van der Waals surface area contributed by atoms with Crippen molar-refractivity contribution in [3.63, 3.8) is 0 Å². The summed E-state index contributed by atoms with van der Waals surface area (Å²) in [5.74, 6) is -1.70. The average Bonchev–Trinajstić information content (AvgIpc) is 2.30. The zero-order chi connectivity index (χ0) is 13.7. The van der Waals surface area contributed by atoms with Crippen LogP contribution >= 0.6 is 11.6 Å². The molecule has 0 fully saturated rings. The molecule has 0 bridgehead atoms. The highest BCUT2D eigenvalue weighted by atomic mass is 35.5. The minimum Gasteiger partial charge on any atom is -0.395 e. The van der Waals surface area contributed by atoms with Gasteiger partial charge in [0, 0.05) is 6.54 Å². The summed E-state index contributed by atoms with van der Waals surface area (Å²) in [6.45, 7) is -1.65. The van der Waals surface area contributed by atoms with E-state index in [0.29, 0.717) is 4.90 Å². The maximum Gasteiger partial charge on any atom is 0.257 e. The van der Waals surface area contributed by atoms with E-state index in [1.54, 1.807) is 0 Å². The van der Waals surface area contributed by atoms with Crippen molar-refractivity contribution in [1.29, 1.82) is 0 Å². The van der Waals surface area contributed by atoms with Gasteiger partial charge in [-0.1, -0.05) is 11.6 Å². The zero-order valence-electron chi connectivity index (χ0n) is 9.12. The van der Waals surface area contributed by atoms with Crippen LogP contribution in [0, 0.1) is 5.82 Å². The van der Waals surface area contributed by atoms with E-state index in [1.165, 1.54) is 0 Å². The highest BCUT2D eigenvalue weighted by Crippen LogP contribution is 2.16. The fourth-order valence-corrected chi connectivity index (χ4v) is 1.49. The van der Waals surface area contributed by atoms with E-state index in [4.69, 9.17) is 16.7 Å². The molecular weight excluding hydrogens is 273 g/mol. The van der Waals surface area contributed by atoms with Crippen LogP contribution in [0.25, 0.3) is 0 Å². The van der Waals surface area contributed by atoms with Crippen LogP contribution in [0.15, 0.2) is 12.3 Å². The molecule has 0 saturated heterocycles. The normalized spacial score (nSPS) is 10.8. The first-order chi connectivity index (χ1) is 8.45. The number of rotatable bonds is 5. The maximum atomic E-state index is 12.9. The van der Waals surface area contributed by atoms with Crippen LogP contribution in [0.3, 0.4) is 0 Å². The SMILES string of the molecule is O=C(c1cc(F)cnc1Cl)N(CCO)CC(F)F. The second-order valence-corrected chi connectivity index (χ2v) is 3.72. The molecule has 100 valence electrons. The van der Waals surface area contributed by atoms with E-state index in [-0.39, 0.29) is 17.3 Å². The van der Waals surface area contributed by atoms with Crippen molar-refractivity contribution >= 4 is 17.5 Å². The highest BCUT2D eigenvalue weighted by molar-refractivity contribution is 6.32. The lowest BCUT2D eigenvalue weighted by atomic mass is 10.2. The molecule has 0 saturated carbocycles. The molecule has 0 spiro atoms. The van der Waals surface area contributed by atoms with Crippen molar-refractivity contribution in [3.05, 3.63) is 28.8 Å². The topological polar surface area (TPSA) is 53.4 Å². The van der Waals surface area contributed by atoms with Gasteiger partial charge >= 0.3 is 0 Å². The molecule has 1 heterocycles. The van der Waals surface area contributed by atoms with E-state index >= 15 is 0 Å². The van der Waals surface area contributed by atoms with Gasteiger partial charge in [-0.3, -0.25) is 4.79 Å². The molecule has 4 nitrogen and oxygen atoms in total. The molecule has 1 rings (SSSR count). The second kappa shape index (κ2) is 6.55. The van der Waals surface area contributed by atoms with Crippen LogP contribution in [0.4, 0.5) is 13.2 Å². The molecule has 1 aromatic heterocycles. The summed E-state index contributed by atoms with van der Waals surface area (Å²) >= 11 is 5.60. The first-order valence-electron chi connectivity index (χ1n) is 4.95. The minimum absolute atomic E-state index is 0.279. The lowest BCUT2D eigenvalue weighted by Crippen LogP contribution is -2.37. The molecule has 8 heteroatoms. The lowest BCUT2D eigenvalue weighted by Gasteiger charge is -2.21. The van der Waals surface area contributed by atoms with E-state index < -0.39 is 31.3 Å². The zero-order valence-corrected chi connectivity index (χ0v) is 9.87. The Labute approximate surface area is 106 Å². The number of aromatic nitrogens is 1. The number of halogens is 4. The fraction of sp³-hybridized carbons (Fsp3) is 0.400. The number of amides is 1. The Bertz CT molecular complexity index is 432. The third-order valence-electron chi connectivity index (χ3n) is 2.05. The van der Waals surface area contributed by atoms with Crippen molar-refractivity contribution in [2.75, 3.05) is 19.7 Å². The summed E-state index contributed by atoms with van der Waals surface area (Å²) < 4.78 is 37.5. The molecule has 1 N–H and O–H groups in total. The van der Waals surface area contributed by atoms with E-state index in [0.717, 1.165) is 12.3 Å². The first-order valence-corrected chi connectivity index (χ1v) is 5.32. The maximum absolute atomic E-state index is 12.9. The predicted octanol–water partition coefficient (Wildman–Crippen LogP) is 1.57. The Balaban J connectivity index is 2.97. The Morgan fingerprint density at radius 3 is 2.78 bits per heavy atom. The van der Waals surface area contributed by atoms with Gasteiger partial charge in [-0.25, -0.2) is 18.2 Å². The Hall–Kier alpha value is -1.34. The van der Waals surface area contributed by atoms with Crippen molar-refractivity contribution in [2.24, 2.45) is 0 Å². The molecule has 0 unspecified atom stereocenters. The standard InChI is InChI=1S/C10H10ClF3N2O2/c11-9-7(3-6(12)4-15-9)10(18)16(1-2-17)5-8(13)14/h3-4,8,17H,1-2,5H2. The van der Waals surface area contributed by atoms with Crippen LogP contribution in [0.5, 0.6) is 0 Å². The van der Waals surface area contributed by atoms with Gasteiger partial charge in [-0.05, 0) is 6.07 Å². The number of carbonyl (C=O) groups is 1. The number of carbonyl (C=O) groups excluding carboxylic acids is 1. The van der Waals surface area contributed by atoms with Crippen LogP contribution in [-0.2, 0) is 0 Å². The van der Waals surface area contributed by atoms with Crippen LogP contribution in [0.1, 0.15) is 10.4 Å². The van der Waals surface area contributed by atoms with Crippen molar-refractivity contribution in [3.8, 4) is 0 Å². The van der Waals surface area contributed by atoms with Crippen molar-refractivity contribution in [1.82, 2.24) is 9.88 Å². The monoisotopic (exact) mass is 282 g/mol. The van der Waals surface area contributed by atoms with Gasteiger partial charge in [0.15, 0.2) is 0 Å². The van der Waals surface area contributed by atoms with Crippen molar-refractivity contribution in [2.45, 2.75) is 6.43 Å². The van der Waals surface area contributed by atoms with Crippen LogP contribution in [0.2, 0.25) is 5.15 Å². The lowest BCUT2D eigenvalue weighted by molar-refractivity contribution is 0.0508. The van der Waals surface area contributed by atoms with E-state index in [9.17, 15) is 18.0 Å². The molecular formula is C10H10ClF3N2O2. The number of aliphatic hydroxyl groups excluding tert-OH is 1. The largest absolute Gasteiger partial charge is 0.395 e. The molecule has 0 aliphatic heterocycles. The molecule has 0 radical (unpaired) electrons. The quantitative estimate of drug-likeness (QED) is 0.834. The molecule has 0 aliphatic carbocycles. The van der Waals surface area contributed by atoms with Gasteiger partial charge in [0.05, 0.1) is 24.9 Å². The Morgan fingerprint density at radius 1 is 1.56 bits per heavy atom. The number of alkyl halides is 2. The van der Waals surface area contributed by atoms with Crippen LogP contribution in [-0.4, -0.2) is 47.0 Å². The summed E-state index contributed by atoms with van der Waals surface area (Å²) in [5, 5.41) is 8.43. The number of nitrogens with zero attached hydrogens (tertiary/aromatic N) is 2. The number of hydrogen-bond acceptors (Lipinski definition) is 3. The number of hydrogen-bond donors (Lipinski definition) is 1. The molecule has 1 aromatic rings. The summed E-state index contributed by atoms with van der Waals surface area (Å²) in [6.07, 6.45) is -1.96. The van der Waals surface area contributed by atoms with Gasteiger partial charge in [-0.15, -0.1) is 0 Å². The summed E-state index contributed by atoms with van der Waals surface area (Å²) in [4.78, 5) is 15.9. The smallest absolute Gasteiger partial charge is 0.257 e. The molecule has 0 aliphatic rings. The number of pyridine rings is 1. The van der Waals surface area contributed by atoms with Gasteiger partial charge in [0.2, 0.25) is 0 Å². The van der Waals surface area contributed by atoms with Crippen molar-refractivity contribution < 1.29 is 23.1 Å². The van der Waals surface area contributed by atoms with Crippen LogP contribution < -0.4 is 0 Å². The average molecular weight is 283 g/mol. The Morgan fingerprint density at radius 2 is 2.22 bits per heavy atom. The van der Waals surface area contributed by atoms with E-state index in [1.807, 2.05) is 0 Å². The minimum atomic E-state index is -2.76. The van der Waals surface area contributed by atoms with Gasteiger partial charge in [0.25, 0.3) is 12.3 Å². The van der Waals surface area contributed by atoms with E-state index in [2.05, 4.69) is 4.98 Å². The molecule has 0 atom stereocenters. The highest BCUT2D eigenvalue weighted by Gasteiger charge is 2.22. The van der Waals surface area contributed by atoms with Gasteiger partial charge in [-0.2, -0.15) is 0 Å². The fourth-order valence-electron chi connectivity index (χ4n) is 1.31. The van der Waals surface area contributed by atoms with Gasteiger partial charge < -0.3 is 10.0 Å². The summed E-state index contributed by atoms with van der Waals surface area (Å²) in [5.41, 5.74) is -0.314. The first kappa shape index (κ1) is 14.7. The molecule has 1 amide bonds.